The van der Waals surface area contributed by atoms with E-state index in [1.54, 1.807) is 23.4 Å². The molecule has 0 aliphatic carbocycles. The van der Waals surface area contributed by atoms with E-state index in [-0.39, 0.29) is 9.77 Å². The normalized spacial score (nSPS) is 20.6. The van der Waals surface area contributed by atoms with Crippen LogP contribution < -0.4 is 5.73 Å². The van der Waals surface area contributed by atoms with Crippen molar-refractivity contribution >= 4 is 21.8 Å². The van der Waals surface area contributed by atoms with Gasteiger partial charge in [-0.2, -0.15) is 16.1 Å². The first-order chi connectivity index (χ1) is 8.93. The highest BCUT2D eigenvalue weighted by Crippen LogP contribution is 2.34. The number of hydrogen-bond donors (Lipinski definition) is 1. The molecule has 19 heavy (non-hydrogen) atoms. The van der Waals surface area contributed by atoms with E-state index in [0.717, 1.165) is 12.8 Å². The zero-order valence-corrected chi connectivity index (χ0v) is 12.9. The number of hydrogen-bond acceptors (Lipinski definition) is 5. The maximum Gasteiger partial charge on any atom is 0.262 e. The first-order valence-corrected chi connectivity index (χ1v) is 8.83. The fourth-order valence-corrected chi connectivity index (χ4v) is 4.45. The third-order valence-electron chi connectivity index (χ3n) is 3.72. The predicted octanol–water partition coefficient (Wildman–Crippen LogP) is 0.265. The SMILES string of the molecule is CSC1(CN)CCN(S(=O)(=O)c2cn(C)cn2)CC1. The highest BCUT2D eigenvalue weighted by molar-refractivity contribution is 8.00. The van der Waals surface area contributed by atoms with Crippen LogP contribution in [0.5, 0.6) is 0 Å². The number of rotatable bonds is 4. The minimum absolute atomic E-state index is 0.0239. The molecule has 2 N–H and O–H groups in total. The molecule has 1 fully saturated rings. The van der Waals surface area contributed by atoms with E-state index in [9.17, 15) is 8.42 Å². The highest BCUT2D eigenvalue weighted by Gasteiger charge is 2.37. The van der Waals surface area contributed by atoms with E-state index in [1.165, 1.54) is 16.8 Å². The van der Waals surface area contributed by atoms with Crippen LogP contribution in [0.4, 0.5) is 0 Å². The van der Waals surface area contributed by atoms with Crippen molar-refractivity contribution in [1.29, 1.82) is 0 Å². The summed E-state index contributed by atoms with van der Waals surface area (Å²) >= 11 is 1.74. The number of piperidine rings is 1. The molecule has 6 nitrogen and oxygen atoms in total. The van der Waals surface area contributed by atoms with E-state index < -0.39 is 10.0 Å². The fourth-order valence-electron chi connectivity index (χ4n) is 2.28. The van der Waals surface area contributed by atoms with Crippen LogP contribution >= 0.6 is 11.8 Å². The monoisotopic (exact) mass is 304 g/mol. The molecule has 1 aromatic rings. The summed E-state index contributed by atoms with van der Waals surface area (Å²) in [6, 6.07) is 0. The van der Waals surface area contributed by atoms with Gasteiger partial charge in [0, 0.05) is 37.6 Å². The predicted molar refractivity (Wildman–Crippen MR) is 76.5 cm³/mol. The highest BCUT2D eigenvalue weighted by atomic mass is 32.2. The van der Waals surface area contributed by atoms with Gasteiger partial charge in [-0.25, -0.2) is 13.4 Å². The van der Waals surface area contributed by atoms with Crippen molar-refractivity contribution < 1.29 is 8.42 Å². The van der Waals surface area contributed by atoms with Gasteiger partial charge in [-0.3, -0.25) is 0 Å². The largest absolute Gasteiger partial charge is 0.339 e. The quantitative estimate of drug-likeness (QED) is 0.863. The molecule has 1 aliphatic heterocycles. The first-order valence-electron chi connectivity index (χ1n) is 6.17. The maximum absolute atomic E-state index is 12.4. The molecule has 108 valence electrons. The molecule has 0 amide bonds. The Morgan fingerprint density at radius 3 is 2.53 bits per heavy atom. The molecule has 2 heterocycles. The van der Waals surface area contributed by atoms with Crippen LogP contribution in [0.25, 0.3) is 0 Å². The molecule has 0 saturated carbocycles. The van der Waals surface area contributed by atoms with Crippen molar-refractivity contribution in [3.8, 4) is 0 Å². The van der Waals surface area contributed by atoms with Crippen LogP contribution in [0, 0.1) is 0 Å². The topological polar surface area (TPSA) is 81.2 Å². The van der Waals surface area contributed by atoms with Gasteiger partial charge in [0.15, 0.2) is 5.03 Å². The number of thioether (sulfide) groups is 1. The third-order valence-corrected chi connectivity index (χ3v) is 6.95. The molecular weight excluding hydrogens is 284 g/mol. The van der Waals surface area contributed by atoms with Gasteiger partial charge in [-0.15, -0.1) is 0 Å². The maximum atomic E-state index is 12.4. The van der Waals surface area contributed by atoms with Gasteiger partial charge in [-0.05, 0) is 19.1 Å². The summed E-state index contributed by atoms with van der Waals surface area (Å²) in [6.45, 7) is 1.61. The zero-order valence-electron chi connectivity index (χ0n) is 11.2. The second kappa shape index (κ2) is 5.43. The van der Waals surface area contributed by atoms with Crippen molar-refractivity contribution in [2.45, 2.75) is 22.6 Å². The molecule has 0 radical (unpaired) electrons. The number of imidazole rings is 1. The standard InChI is InChI=1S/C11H20N4O2S2/c1-14-7-10(13-9-14)19(16,17)15-5-3-11(8-12,18-2)4-6-15/h7,9H,3-6,8,12H2,1-2H3. The van der Waals surface area contributed by atoms with E-state index in [4.69, 9.17) is 5.73 Å². The van der Waals surface area contributed by atoms with E-state index in [1.807, 2.05) is 6.26 Å². The first kappa shape index (κ1) is 14.8. The van der Waals surface area contributed by atoms with E-state index in [0.29, 0.717) is 19.6 Å². The zero-order chi connectivity index (χ0) is 14.1. The van der Waals surface area contributed by atoms with Crippen molar-refractivity contribution in [1.82, 2.24) is 13.9 Å². The molecule has 0 atom stereocenters. The minimum atomic E-state index is -3.46. The third kappa shape index (κ3) is 2.81. The summed E-state index contributed by atoms with van der Waals surface area (Å²) in [5.41, 5.74) is 5.81. The summed E-state index contributed by atoms with van der Waals surface area (Å²) in [5.74, 6) is 0. The van der Waals surface area contributed by atoms with Crippen molar-refractivity contribution in [3.05, 3.63) is 12.5 Å². The summed E-state index contributed by atoms with van der Waals surface area (Å²) < 4.78 is 28.0. The molecule has 1 saturated heterocycles. The molecule has 0 spiro atoms. The Labute approximate surface area is 118 Å². The van der Waals surface area contributed by atoms with Crippen LogP contribution in [0.1, 0.15) is 12.8 Å². The van der Waals surface area contributed by atoms with Gasteiger partial charge in [0.25, 0.3) is 10.0 Å². The summed E-state index contributed by atoms with van der Waals surface area (Å²) in [7, 11) is -1.70. The number of sulfonamides is 1. The molecule has 1 aliphatic rings. The molecular formula is C11H20N4O2S2. The lowest BCUT2D eigenvalue weighted by molar-refractivity contribution is 0.301. The van der Waals surface area contributed by atoms with Gasteiger partial charge >= 0.3 is 0 Å². The average Bonchev–Trinajstić information content (AvgIpc) is 2.86. The van der Waals surface area contributed by atoms with Crippen molar-refractivity contribution in [3.63, 3.8) is 0 Å². The minimum Gasteiger partial charge on any atom is -0.339 e. The average molecular weight is 304 g/mol. The Morgan fingerprint density at radius 2 is 2.11 bits per heavy atom. The number of nitrogens with two attached hydrogens (primary N) is 1. The van der Waals surface area contributed by atoms with Gasteiger partial charge < -0.3 is 10.3 Å². The molecule has 0 bridgehead atoms. The fraction of sp³-hybridized carbons (Fsp3) is 0.727. The Bertz CT molecular complexity index is 527. The molecule has 2 rings (SSSR count). The number of nitrogens with zero attached hydrogens (tertiary/aromatic N) is 3. The Balaban J connectivity index is 2.13. The van der Waals surface area contributed by atoms with Gasteiger partial charge in [0.1, 0.15) is 0 Å². The molecule has 0 unspecified atom stereocenters. The molecule has 0 aromatic carbocycles. The smallest absolute Gasteiger partial charge is 0.262 e. The number of aromatic nitrogens is 2. The van der Waals surface area contributed by atoms with Crippen LogP contribution in [-0.4, -0.2) is 52.9 Å². The number of aryl methyl sites for hydroxylation is 1. The van der Waals surface area contributed by atoms with Crippen LogP contribution in [0.3, 0.4) is 0 Å². The van der Waals surface area contributed by atoms with E-state index >= 15 is 0 Å². The van der Waals surface area contributed by atoms with Gasteiger partial charge in [-0.1, -0.05) is 0 Å². The van der Waals surface area contributed by atoms with Crippen LogP contribution in [-0.2, 0) is 17.1 Å². The van der Waals surface area contributed by atoms with E-state index in [2.05, 4.69) is 4.98 Å². The Morgan fingerprint density at radius 1 is 1.47 bits per heavy atom. The lowest BCUT2D eigenvalue weighted by atomic mass is 9.97. The Hall–Kier alpha value is -0.570. The summed E-state index contributed by atoms with van der Waals surface area (Å²) in [5, 5.41) is 0.124. The second-order valence-corrected chi connectivity index (χ2v) is 8.03. The van der Waals surface area contributed by atoms with Crippen LogP contribution in [0.2, 0.25) is 0 Å². The summed E-state index contributed by atoms with van der Waals surface area (Å²) in [6.07, 6.45) is 6.65. The lowest BCUT2D eigenvalue weighted by Crippen LogP contribution is -2.48. The van der Waals surface area contributed by atoms with Gasteiger partial charge in [0.05, 0.1) is 6.33 Å². The van der Waals surface area contributed by atoms with Crippen molar-refractivity contribution in [2.75, 3.05) is 25.9 Å². The molecule has 1 aromatic heterocycles. The van der Waals surface area contributed by atoms with Crippen molar-refractivity contribution in [2.24, 2.45) is 12.8 Å². The van der Waals surface area contributed by atoms with Gasteiger partial charge in [0.2, 0.25) is 0 Å². The Kier molecular flexibility index (Phi) is 4.24. The van der Waals surface area contributed by atoms with Crippen LogP contribution in [0.15, 0.2) is 17.6 Å². The molecule has 8 heteroatoms. The summed E-state index contributed by atoms with van der Waals surface area (Å²) in [4.78, 5) is 3.94. The second-order valence-electron chi connectivity index (χ2n) is 4.87. The lowest BCUT2D eigenvalue weighted by Gasteiger charge is -2.39.